The van der Waals surface area contributed by atoms with Gasteiger partial charge in [-0.1, -0.05) is 11.6 Å². The Labute approximate surface area is 124 Å². The molecule has 0 spiro atoms. The minimum absolute atomic E-state index is 0.259. The first-order valence-corrected chi connectivity index (χ1v) is 6.50. The molecule has 0 aliphatic carbocycles. The molecule has 0 radical (unpaired) electrons. The number of carboxylic acids is 1. The third-order valence-electron chi connectivity index (χ3n) is 2.85. The summed E-state index contributed by atoms with van der Waals surface area (Å²) in [6.07, 6.45) is 1.12. The van der Waals surface area contributed by atoms with Crippen LogP contribution in [-0.2, 0) is 11.2 Å². The van der Waals surface area contributed by atoms with Crippen molar-refractivity contribution in [3.05, 3.63) is 53.4 Å². The zero-order chi connectivity index (χ0) is 14.8. The van der Waals surface area contributed by atoms with E-state index in [1.165, 1.54) is 6.26 Å². The number of hydrogen-bond donors (Lipinski definition) is 0. The van der Waals surface area contributed by atoms with Crippen molar-refractivity contribution < 1.29 is 18.7 Å². The maximum absolute atomic E-state index is 10.8. The highest BCUT2D eigenvalue weighted by Crippen LogP contribution is 2.30. The Hall–Kier alpha value is -2.53. The Morgan fingerprint density at radius 3 is 2.62 bits per heavy atom. The summed E-state index contributed by atoms with van der Waals surface area (Å²) in [7, 11) is 0. The predicted octanol–water partition coefficient (Wildman–Crippen LogP) is 2.55. The molecule has 0 saturated heterocycles. The summed E-state index contributed by atoms with van der Waals surface area (Å²) in [6.45, 7) is 0. The summed E-state index contributed by atoms with van der Waals surface area (Å²) >= 11 is 5.83. The molecule has 0 aliphatic heterocycles. The molecule has 2 heterocycles. The zero-order valence-corrected chi connectivity index (χ0v) is 11.5. The number of hydrogen-bond acceptors (Lipinski definition) is 5. The number of carboxylic acid groups (broad SMARTS) is 1. The topological polar surface area (TPSA) is 79.3 Å². The number of carbonyl (C=O) groups excluding carboxylic acids is 1. The summed E-state index contributed by atoms with van der Waals surface area (Å²) in [5, 5.41) is 11.4. The van der Waals surface area contributed by atoms with Gasteiger partial charge in [-0.15, -0.1) is 0 Å². The molecular formula is C15H9ClNO4-. The van der Waals surface area contributed by atoms with Gasteiger partial charge in [0.15, 0.2) is 11.5 Å². The van der Waals surface area contributed by atoms with E-state index in [1.54, 1.807) is 36.4 Å². The number of benzene rings is 1. The SMILES string of the molecule is O=C([O-])Cc1nc(-c2ccc(Cl)cc2)oc1-c1ccco1. The molecule has 1 aromatic carbocycles. The van der Waals surface area contributed by atoms with Gasteiger partial charge in [-0.2, -0.15) is 0 Å². The Morgan fingerprint density at radius 2 is 2.00 bits per heavy atom. The van der Waals surface area contributed by atoms with Crippen molar-refractivity contribution >= 4 is 17.6 Å². The van der Waals surface area contributed by atoms with Crippen LogP contribution in [0.25, 0.3) is 23.0 Å². The van der Waals surface area contributed by atoms with Crippen molar-refractivity contribution in [1.82, 2.24) is 4.98 Å². The van der Waals surface area contributed by atoms with Gasteiger partial charge in [0.2, 0.25) is 5.89 Å². The molecule has 3 aromatic rings. The molecule has 21 heavy (non-hydrogen) atoms. The van der Waals surface area contributed by atoms with Crippen LogP contribution in [0.4, 0.5) is 0 Å². The maximum Gasteiger partial charge on any atom is 0.227 e. The van der Waals surface area contributed by atoms with E-state index in [4.69, 9.17) is 20.4 Å². The summed E-state index contributed by atoms with van der Waals surface area (Å²) in [5.41, 5.74) is 0.951. The Kier molecular flexibility index (Phi) is 3.50. The first-order valence-electron chi connectivity index (χ1n) is 6.13. The third kappa shape index (κ3) is 2.83. The van der Waals surface area contributed by atoms with Gasteiger partial charge in [0.25, 0.3) is 0 Å². The molecular weight excluding hydrogens is 294 g/mol. The molecule has 0 saturated carbocycles. The number of oxazole rings is 1. The van der Waals surface area contributed by atoms with Crippen molar-refractivity contribution in [3.8, 4) is 23.0 Å². The maximum atomic E-state index is 10.8. The molecule has 106 valence electrons. The van der Waals surface area contributed by atoms with Gasteiger partial charge in [-0.05, 0) is 36.4 Å². The first kappa shape index (κ1) is 13.5. The zero-order valence-electron chi connectivity index (χ0n) is 10.7. The standard InChI is InChI=1S/C15H10ClNO4/c16-10-5-3-9(4-6-10)15-17-11(8-13(18)19)14(21-15)12-2-1-7-20-12/h1-7H,8H2,(H,18,19)/p-1. The predicted molar refractivity (Wildman–Crippen MR) is 73.4 cm³/mol. The lowest BCUT2D eigenvalue weighted by atomic mass is 10.2. The molecule has 5 nitrogen and oxygen atoms in total. The highest BCUT2D eigenvalue weighted by molar-refractivity contribution is 6.30. The first-order chi connectivity index (χ1) is 10.1. The van der Waals surface area contributed by atoms with Crippen LogP contribution in [0.2, 0.25) is 5.02 Å². The molecule has 0 unspecified atom stereocenters. The van der Waals surface area contributed by atoms with E-state index in [0.717, 1.165) is 0 Å². The monoisotopic (exact) mass is 302 g/mol. The molecule has 2 aromatic heterocycles. The van der Waals surface area contributed by atoms with E-state index in [9.17, 15) is 9.90 Å². The van der Waals surface area contributed by atoms with Crippen molar-refractivity contribution in [3.63, 3.8) is 0 Å². The minimum Gasteiger partial charge on any atom is -0.550 e. The average Bonchev–Trinajstić information content (AvgIpc) is 3.08. The van der Waals surface area contributed by atoms with Crippen molar-refractivity contribution in [2.24, 2.45) is 0 Å². The van der Waals surface area contributed by atoms with Crippen molar-refractivity contribution in [2.45, 2.75) is 6.42 Å². The molecule has 6 heteroatoms. The van der Waals surface area contributed by atoms with Crippen molar-refractivity contribution in [1.29, 1.82) is 0 Å². The Balaban J connectivity index is 2.07. The van der Waals surface area contributed by atoms with Gasteiger partial charge in [-0.25, -0.2) is 4.98 Å². The van der Waals surface area contributed by atoms with Crippen LogP contribution in [0, 0.1) is 0 Å². The number of furan rings is 1. The lowest BCUT2D eigenvalue weighted by molar-refractivity contribution is -0.304. The number of aliphatic carboxylic acids is 1. The van der Waals surface area contributed by atoms with E-state index < -0.39 is 5.97 Å². The van der Waals surface area contributed by atoms with Gasteiger partial charge in [0, 0.05) is 23.0 Å². The Morgan fingerprint density at radius 1 is 1.24 bits per heavy atom. The smallest absolute Gasteiger partial charge is 0.227 e. The third-order valence-corrected chi connectivity index (χ3v) is 3.10. The van der Waals surface area contributed by atoms with Crippen LogP contribution >= 0.6 is 11.6 Å². The van der Waals surface area contributed by atoms with Gasteiger partial charge in [-0.3, -0.25) is 0 Å². The second-order valence-electron chi connectivity index (χ2n) is 4.33. The van der Waals surface area contributed by atoms with Gasteiger partial charge >= 0.3 is 0 Å². The fraction of sp³-hybridized carbons (Fsp3) is 0.0667. The number of aromatic nitrogens is 1. The largest absolute Gasteiger partial charge is 0.550 e. The highest BCUT2D eigenvalue weighted by Gasteiger charge is 2.18. The average molecular weight is 303 g/mol. The number of rotatable bonds is 4. The van der Waals surface area contributed by atoms with Crippen LogP contribution in [0.1, 0.15) is 5.69 Å². The second-order valence-corrected chi connectivity index (χ2v) is 4.76. The lowest BCUT2D eigenvalue weighted by Gasteiger charge is -1.98. The van der Waals surface area contributed by atoms with Crippen LogP contribution < -0.4 is 5.11 Å². The van der Waals surface area contributed by atoms with Crippen LogP contribution in [0.3, 0.4) is 0 Å². The van der Waals surface area contributed by atoms with Gasteiger partial charge in [0.05, 0.1) is 12.0 Å². The molecule has 0 aliphatic rings. The van der Waals surface area contributed by atoms with E-state index in [1.807, 2.05) is 0 Å². The summed E-state index contributed by atoms with van der Waals surface area (Å²) in [5.74, 6) is -0.235. The number of halogens is 1. The van der Waals surface area contributed by atoms with Gasteiger partial charge in [0.1, 0.15) is 0 Å². The molecule has 0 amide bonds. The second kappa shape index (κ2) is 5.46. The number of carbonyl (C=O) groups is 1. The Bertz CT molecular complexity index is 760. The molecule has 3 rings (SSSR count). The molecule has 0 atom stereocenters. The van der Waals surface area contributed by atoms with E-state index >= 15 is 0 Å². The minimum atomic E-state index is -1.24. The quantitative estimate of drug-likeness (QED) is 0.740. The van der Waals surface area contributed by atoms with E-state index in [-0.39, 0.29) is 17.9 Å². The van der Waals surface area contributed by atoms with Crippen molar-refractivity contribution in [2.75, 3.05) is 0 Å². The normalized spacial score (nSPS) is 10.7. The summed E-state index contributed by atoms with van der Waals surface area (Å²) in [4.78, 5) is 15.1. The van der Waals surface area contributed by atoms with Crippen LogP contribution in [0.15, 0.2) is 51.5 Å². The summed E-state index contributed by atoms with van der Waals surface area (Å²) < 4.78 is 10.9. The summed E-state index contributed by atoms with van der Waals surface area (Å²) in [6, 6.07) is 10.2. The van der Waals surface area contributed by atoms with E-state index in [2.05, 4.69) is 4.98 Å². The van der Waals surface area contributed by atoms with Crippen LogP contribution in [-0.4, -0.2) is 11.0 Å². The van der Waals surface area contributed by atoms with E-state index in [0.29, 0.717) is 22.2 Å². The molecule has 0 N–H and O–H groups in total. The van der Waals surface area contributed by atoms with Gasteiger partial charge < -0.3 is 18.7 Å². The van der Waals surface area contributed by atoms with Crippen LogP contribution in [0.5, 0.6) is 0 Å². The fourth-order valence-electron chi connectivity index (χ4n) is 1.92. The molecule has 0 fully saturated rings. The number of nitrogens with zero attached hydrogens (tertiary/aromatic N) is 1. The molecule has 0 bridgehead atoms. The lowest BCUT2D eigenvalue weighted by Crippen LogP contribution is -2.24. The fourth-order valence-corrected chi connectivity index (χ4v) is 2.05. The highest BCUT2D eigenvalue weighted by atomic mass is 35.5.